The number of aromatic nitrogens is 4. The SMILES string of the molecule is C=C(C)[C@H]1CC[C@@]2(C)S[P@](=S)(O[C@H]3C[C@H](n4cnc5c(=O)[nH]c(O)nc54)O[C@@H]3CO[Si](C)(C)C(C)(C)C)O[C@@H]2C1. The van der Waals surface area contributed by atoms with Crippen molar-refractivity contribution in [2.45, 2.75) is 108 Å². The molecular formula is C26H41N4O6PS2Si. The van der Waals surface area contributed by atoms with Gasteiger partial charge in [0.1, 0.15) is 12.3 Å². The fourth-order valence-corrected chi connectivity index (χ4v) is 14.0. The number of H-pyrrole nitrogens is 1. The molecule has 0 radical (unpaired) electrons. The second kappa shape index (κ2) is 10.6. The van der Waals surface area contributed by atoms with Crippen molar-refractivity contribution in [1.82, 2.24) is 19.5 Å². The van der Waals surface area contributed by atoms with Crippen LogP contribution in [0.1, 0.15) is 66.5 Å². The molecule has 0 spiro atoms. The van der Waals surface area contributed by atoms with Crippen molar-refractivity contribution >= 4 is 48.4 Å². The summed E-state index contributed by atoms with van der Waals surface area (Å²) in [5.74, 6) is 0.437. The van der Waals surface area contributed by atoms with Crippen LogP contribution in [-0.4, -0.2) is 62.6 Å². The van der Waals surface area contributed by atoms with Gasteiger partial charge in [0.15, 0.2) is 19.5 Å². The zero-order valence-electron chi connectivity index (χ0n) is 24.3. The number of aromatic amines is 1. The standard InChI is InChI=1S/C26H41N4O6PS2Si/c1-15(2)16-9-10-26(6)19(11-16)36-37(38,39-26)35-17-12-20(34-18(17)13-33-40(7,8)25(3,4)5)30-14-27-21-22(30)28-24(32)29-23(21)31/h14,16-20H,1,9-13H2,2-8H3,(H2,28,29,31,32)/t16-,17-,18+,19+,20+,26+,37+/m0/s1. The number of imidazole rings is 1. The first-order chi connectivity index (χ1) is 18.5. The van der Waals surface area contributed by atoms with Crippen molar-refractivity contribution in [2.75, 3.05) is 6.61 Å². The smallest absolute Gasteiger partial charge is 0.296 e. The van der Waals surface area contributed by atoms with Gasteiger partial charge < -0.3 is 23.3 Å². The third-order valence-corrected chi connectivity index (χ3v) is 19.3. The molecule has 0 amide bonds. The summed E-state index contributed by atoms with van der Waals surface area (Å²) in [4.78, 5) is 22.9. The van der Waals surface area contributed by atoms with Gasteiger partial charge in [-0.05, 0) is 69.0 Å². The Bertz CT molecular complexity index is 1410. The van der Waals surface area contributed by atoms with Gasteiger partial charge in [-0.25, -0.2) is 4.98 Å². The molecule has 10 nitrogen and oxygen atoms in total. The highest BCUT2D eigenvalue weighted by Gasteiger charge is 2.55. The van der Waals surface area contributed by atoms with Gasteiger partial charge in [-0.3, -0.25) is 14.3 Å². The Morgan fingerprint density at radius 1 is 1.43 bits per heavy atom. The van der Waals surface area contributed by atoms with Gasteiger partial charge in [0.05, 0.1) is 25.1 Å². The average Bonchev–Trinajstić information content (AvgIpc) is 3.49. The van der Waals surface area contributed by atoms with Crippen LogP contribution in [0.4, 0.5) is 0 Å². The van der Waals surface area contributed by atoms with Crippen LogP contribution in [0, 0.1) is 5.92 Å². The van der Waals surface area contributed by atoms with Crippen LogP contribution in [0.2, 0.25) is 18.1 Å². The lowest BCUT2D eigenvalue weighted by atomic mass is 9.77. The summed E-state index contributed by atoms with van der Waals surface area (Å²) < 4.78 is 28.0. The second-order valence-electron chi connectivity index (χ2n) is 13.1. The van der Waals surface area contributed by atoms with E-state index in [0.717, 1.165) is 19.3 Å². The molecule has 3 aliphatic rings. The summed E-state index contributed by atoms with van der Waals surface area (Å²) in [5.41, 5.74) is -1.63. The Morgan fingerprint density at radius 3 is 2.83 bits per heavy atom. The first kappa shape index (κ1) is 30.4. The number of nitrogens with zero attached hydrogens (tertiary/aromatic N) is 3. The maximum Gasteiger partial charge on any atom is 0.296 e. The Hall–Kier alpha value is -1.05. The van der Waals surface area contributed by atoms with Crippen LogP contribution < -0.4 is 5.56 Å². The zero-order valence-corrected chi connectivity index (χ0v) is 27.8. The van der Waals surface area contributed by atoms with Gasteiger partial charge in [-0.2, -0.15) is 4.98 Å². The molecule has 40 heavy (non-hydrogen) atoms. The minimum absolute atomic E-state index is 0.0234. The van der Waals surface area contributed by atoms with Crippen molar-refractivity contribution in [3.8, 4) is 6.01 Å². The van der Waals surface area contributed by atoms with E-state index in [0.29, 0.717) is 18.9 Å². The van der Waals surface area contributed by atoms with Crippen LogP contribution in [0.25, 0.3) is 11.2 Å². The Kier molecular flexibility index (Phi) is 8.05. The number of ether oxygens (including phenoxy) is 1. The molecular weight excluding hydrogens is 588 g/mol. The van der Waals surface area contributed by atoms with E-state index in [1.54, 1.807) is 15.9 Å². The van der Waals surface area contributed by atoms with Crippen LogP contribution >= 0.6 is 17.1 Å². The number of aromatic hydroxyl groups is 1. The molecule has 7 atom stereocenters. The topological polar surface area (TPSA) is 121 Å². The predicted octanol–water partition coefficient (Wildman–Crippen LogP) is 6.01. The van der Waals surface area contributed by atoms with E-state index in [4.69, 9.17) is 30.0 Å². The molecule has 2 aromatic rings. The van der Waals surface area contributed by atoms with Gasteiger partial charge in [-0.1, -0.05) is 44.3 Å². The van der Waals surface area contributed by atoms with Gasteiger partial charge >= 0.3 is 0 Å². The molecule has 1 aliphatic carbocycles. The summed E-state index contributed by atoms with van der Waals surface area (Å²) in [7, 11) is -2.07. The molecule has 0 bridgehead atoms. The fraction of sp³-hybridized carbons (Fsp3) is 0.731. The number of hydrogen-bond acceptors (Lipinski definition) is 10. The third kappa shape index (κ3) is 5.77. The predicted molar refractivity (Wildman–Crippen MR) is 164 cm³/mol. The van der Waals surface area contributed by atoms with Crippen LogP contribution in [-0.2, 0) is 30.0 Å². The highest BCUT2D eigenvalue weighted by molar-refractivity contribution is 8.68. The van der Waals surface area contributed by atoms with Gasteiger partial charge in [0.2, 0.25) is 5.69 Å². The van der Waals surface area contributed by atoms with E-state index in [-0.39, 0.29) is 33.2 Å². The monoisotopic (exact) mass is 628 g/mol. The maximum atomic E-state index is 12.3. The summed E-state index contributed by atoms with van der Waals surface area (Å²) in [5, 5.41) is 9.96. The highest BCUT2D eigenvalue weighted by atomic mass is 32.9. The van der Waals surface area contributed by atoms with Crippen molar-refractivity contribution in [3.63, 3.8) is 0 Å². The van der Waals surface area contributed by atoms with E-state index in [1.165, 1.54) is 11.9 Å². The first-order valence-electron chi connectivity index (χ1n) is 13.8. The molecule has 2 N–H and O–H groups in total. The minimum atomic E-state index is -2.69. The first-order valence-corrected chi connectivity index (χ1v) is 20.8. The maximum absolute atomic E-state index is 12.3. The summed E-state index contributed by atoms with van der Waals surface area (Å²) in [6.45, 7) is 19.9. The zero-order chi connectivity index (χ0) is 29.3. The third-order valence-electron chi connectivity index (χ3n) is 9.03. The van der Waals surface area contributed by atoms with Crippen LogP contribution in [0.5, 0.6) is 6.01 Å². The molecule has 14 heteroatoms. The Morgan fingerprint density at radius 2 is 2.15 bits per heavy atom. The molecule has 2 aliphatic heterocycles. The second-order valence-corrected chi connectivity index (χ2v) is 24.4. The van der Waals surface area contributed by atoms with Crippen molar-refractivity contribution in [3.05, 3.63) is 28.8 Å². The minimum Gasteiger partial charge on any atom is -0.480 e. The van der Waals surface area contributed by atoms with Crippen LogP contribution in [0.3, 0.4) is 0 Å². The van der Waals surface area contributed by atoms with E-state index in [1.807, 2.05) is 0 Å². The van der Waals surface area contributed by atoms with E-state index >= 15 is 0 Å². The molecule has 1 saturated carbocycles. The Labute approximate surface area is 245 Å². The normalized spacial score (nSPS) is 34.8. The summed E-state index contributed by atoms with van der Waals surface area (Å²) in [6.07, 6.45) is 3.66. The summed E-state index contributed by atoms with van der Waals surface area (Å²) in [6, 6.07) is -0.474. The molecule has 2 saturated heterocycles. The molecule has 2 aromatic heterocycles. The van der Waals surface area contributed by atoms with Crippen molar-refractivity contribution in [2.24, 2.45) is 5.92 Å². The summed E-state index contributed by atoms with van der Waals surface area (Å²) >= 11 is 7.81. The fourth-order valence-electron chi connectivity index (χ4n) is 5.36. The molecule has 0 unspecified atom stereocenters. The van der Waals surface area contributed by atoms with Gasteiger partial charge in [-0.15, -0.1) is 0 Å². The van der Waals surface area contributed by atoms with E-state index < -0.39 is 37.9 Å². The Balaban J connectivity index is 1.40. The van der Waals surface area contributed by atoms with Crippen LogP contribution in [0.15, 0.2) is 23.3 Å². The van der Waals surface area contributed by atoms with Crippen molar-refractivity contribution in [1.29, 1.82) is 0 Å². The lowest BCUT2D eigenvalue weighted by Gasteiger charge is -2.37. The molecule has 0 aromatic carbocycles. The molecule has 3 fully saturated rings. The number of rotatable bonds is 7. The van der Waals surface area contributed by atoms with Gasteiger partial charge in [0, 0.05) is 11.2 Å². The number of nitrogens with one attached hydrogen (secondary N) is 1. The largest absolute Gasteiger partial charge is 0.480 e. The molecule has 5 rings (SSSR count). The molecule has 222 valence electrons. The highest BCUT2D eigenvalue weighted by Crippen LogP contribution is 2.76. The van der Waals surface area contributed by atoms with E-state index in [9.17, 15) is 9.90 Å². The lowest BCUT2D eigenvalue weighted by molar-refractivity contribution is -0.0371. The lowest BCUT2D eigenvalue weighted by Crippen LogP contribution is -2.44. The van der Waals surface area contributed by atoms with Crippen molar-refractivity contribution < 1.29 is 23.3 Å². The molecule has 4 heterocycles. The van der Waals surface area contributed by atoms with E-state index in [2.05, 4.69) is 69.2 Å². The average molecular weight is 629 g/mol. The number of fused-ring (bicyclic) bond motifs is 2. The quantitative estimate of drug-likeness (QED) is 0.214. The number of allylic oxidation sites excluding steroid dienone is 1. The van der Waals surface area contributed by atoms with Gasteiger partial charge in [0.25, 0.3) is 11.6 Å². The number of hydrogen-bond donors (Lipinski definition) is 2.